The molecule has 2 atom stereocenters. The van der Waals surface area contributed by atoms with Crippen molar-refractivity contribution >= 4 is 45.7 Å². The zero-order chi connectivity index (χ0) is 22.5. The molecular formula is C23H26Cl2N6O2. The lowest BCUT2D eigenvalue weighted by Gasteiger charge is -2.36. The first-order valence-electron chi connectivity index (χ1n) is 11.5. The lowest BCUT2D eigenvalue weighted by atomic mass is 9.88. The molecule has 10 heteroatoms. The fraction of sp³-hybridized carbons (Fsp3) is 0.522. The molecule has 4 heterocycles. The van der Waals surface area contributed by atoms with Gasteiger partial charge in [-0.1, -0.05) is 23.2 Å². The Balaban J connectivity index is 1.20. The van der Waals surface area contributed by atoms with Gasteiger partial charge < -0.3 is 15.2 Å². The van der Waals surface area contributed by atoms with Crippen LogP contribution in [0.25, 0.3) is 10.9 Å². The summed E-state index contributed by atoms with van der Waals surface area (Å²) >= 11 is 13.2. The molecule has 0 spiro atoms. The van der Waals surface area contributed by atoms with Crippen molar-refractivity contribution in [3.8, 4) is 0 Å². The van der Waals surface area contributed by atoms with Crippen molar-refractivity contribution in [3.63, 3.8) is 0 Å². The van der Waals surface area contributed by atoms with Gasteiger partial charge in [-0.2, -0.15) is 5.10 Å². The number of hydrogen-bond donors (Lipinski definition) is 2. The standard InChI is InChI=1S/C23H26Cl2N6O2/c24-17-7-14-9-26-23(29-19-10-27-31(22(19)25)15-1-2-15)28-18(14)8-16(17)13-3-5-30(6-4-13)20-11-33-12-21(20)32/h7-10,13,15,20-21,32H,1-6,11-12H2,(H,26,28,29)/t20-,21?/m1/s1. The monoisotopic (exact) mass is 488 g/mol. The Morgan fingerprint density at radius 3 is 2.61 bits per heavy atom. The van der Waals surface area contributed by atoms with E-state index in [2.05, 4.69) is 26.4 Å². The number of rotatable bonds is 5. The van der Waals surface area contributed by atoms with Crippen LogP contribution in [0.3, 0.4) is 0 Å². The van der Waals surface area contributed by atoms with E-state index in [0.29, 0.717) is 42.0 Å². The maximum absolute atomic E-state index is 10.1. The van der Waals surface area contributed by atoms with Gasteiger partial charge in [0.25, 0.3) is 0 Å². The second-order valence-electron chi connectivity index (χ2n) is 9.26. The van der Waals surface area contributed by atoms with Gasteiger partial charge in [-0.05, 0) is 62.4 Å². The SMILES string of the molecule is OC1COC[C@H]1N1CCC(c2cc3nc(Nc4cnn(C5CC5)c4Cl)ncc3cc2Cl)CC1. The minimum Gasteiger partial charge on any atom is -0.389 e. The molecule has 2 saturated heterocycles. The third-order valence-electron chi connectivity index (χ3n) is 7.03. The van der Waals surface area contributed by atoms with Crippen LogP contribution in [0.15, 0.2) is 24.5 Å². The number of fused-ring (bicyclic) bond motifs is 1. The number of aliphatic hydroxyl groups excluding tert-OH is 1. The van der Waals surface area contributed by atoms with Crippen LogP contribution >= 0.6 is 23.2 Å². The van der Waals surface area contributed by atoms with E-state index in [0.717, 1.165) is 60.3 Å². The second kappa shape index (κ2) is 8.67. The molecule has 3 aromatic rings. The summed E-state index contributed by atoms with van der Waals surface area (Å²) in [6, 6.07) is 4.56. The van der Waals surface area contributed by atoms with Gasteiger partial charge in [-0.3, -0.25) is 4.90 Å². The normalized spacial score (nSPS) is 24.6. The van der Waals surface area contributed by atoms with Crippen LogP contribution in [-0.4, -0.2) is 68.2 Å². The van der Waals surface area contributed by atoms with Crippen molar-refractivity contribution in [2.45, 2.75) is 49.8 Å². The molecule has 1 saturated carbocycles. The average Bonchev–Trinajstić information content (AvgIpc) is 3.47. The van der Waals surface area contributed by atoms with Gasteiger partial charge in [0.2, 0.25) is 5.95 Å². The first-order valence-corrected chi connectivity index (χ1v) is 12.3. The summed E-state index contributed by atoms with van der Waals surface area (Å²) in [7, 11) is 0. The Morgan fingerprint density at radius 1 is 1.06 bits per heavy atom. The smallest absolute Gasteiger partial charge is 0.227 e. The number of benzene rings is 1. The average molecular weight is 489 g/mol. The number of ether oxygens (including phenoxy) is 1. The summed E-state index contributed by atoms with van der Waals surface area (Å²) in [5.41, 5.74) is 2.68. The Hall–Kier alpha value is -1.97. The molecule has 1 unspecified atom stereocenters. The lowest BCUT2D eigenvalue weighted by molar-refractivity contribution is 0.0663. The second-order valence-corrected chi connectivity index (χ2v) is 10.0. The summed E-state index contributed by atoms with van der Waals surface area (Å²) in [6.07, 6.45) is 7.32. The minimum absolute atomic E-state index is 0.107. The highest BCUT2D eigenvalue weighted by Gasteiger charge is 2.34. The van der Waals surface area contributed by atoms with Crippen LogP contribution in [0, 0.1) is 0 Å². The van der Waals surface area contributed by atoms with E-state index < -0.39 is 6.10 Å². The number of nitrogens with one attached hydrogen (secondary N) is 1. The number of halogens is 2. The number of hydrogen-bond acceptors (Lipinski definition) is 7. The molecule has 174 valence electrons. The van der Waals surface area contributed by atoms with Crippen molar-refractivity contribution < 1.29 is 9.84 Å². The van der Waals surface area contributed by atoms with Gasteiger partial charge in [-0.25, -0.2) is 14.6 Å². The van der Waals surface area contributed by atoms with Crippen molar-refractivity contribution in [1.29, 1.82) is 0 Å². The van der Waals surface area contributed by atoms with E-state index in [1.165, 1.54) is 0 Å². The van der Waals surface area contributed by atoms with E-state index in [4.69, 9.17) is 32.9 Å². The Labute approximate surface area is 201 Å². The number of piperidine rings is 1. The summed E-state index contributed by atoms with van der Waals surface area (Å²) < 4.78 is 7.29. The zero-order valence-corrected chi connectivity index (χ0v) is 19.6. The topological polar surface area (TPSA) is 88.3 Å². The first kappa shape index (κ1) is 21.6. The third kappa shape index (κ3) is 4.19. The fourth-order valence-corrected chi connectivity index (χ4v) is 5.59. The van der Waals surface area contributed by atoms with Crippen LogP contribution in [0.4, 0.5) is 11.6 Å². The number of aromatic nitrogens is 4. The van der Waals surface area contributed by atoms with Gasteiger partial charge in [0, 0.05) is 16.6 Å². The molecule has 2 aliphatic heterocycles. The zero-order valence-electron chi connectivity index (χ0n) is 18.1. The van der Waals surface area contributed by atoms with Gasteiger partial charge in [0.05, 0.1) is 48.8 Å². The Morgan fingerprint density at radius 2 is 1.88 bits per heavy atom. The Bertz CT molecular complexity index is 1180. The summed E-state index contributed by atoms with van der Waals surface area (Å²) in [6.45, 7) is 2.89. The maximum atomic E-state index is 10.1. The molecule has 0 radical (unpaired) electrons. The molecule has 3 aliphatic rings. The van der Waals surface area contributed by atoms with Gasteiger partial charge >= 0.3 is 0 Å². The lowest BCUT2D eigenvalue weighted by Crippen LogP contribution is -2.46. The third-order valence-corrected chi connectivity index (χ3v) is 7.74. The van der Waals surface area contributed by atoms with Crippen molar-refractivity contribution in [1.82, 2.24) is 24.6 Å². The molecule has 3 fully saturated rings. The number of aliphatic hydroxyl groups is 1. The van der Waals surface area contributed by atoms with Crippen molar-refractivity contribution in [2.75, 3.05) is 31.6 Å². The quantitative estimate of drug-likeness (QED) is 0.557. The van der Waals surface area contributed by atoms with Crippen LogP contribution in [0.2, 0.25) is 10.2 Å². The highest BCUT2D eigenvalue weighted by atomic mass is 35.5. The fourth-order valence-electron chi connectivity index (χ4n) is 4.99. The molecule has 33 heavy (non-hydrogen) atoms. The molecule has 8 nitrogen and oxygen atoms in total. The highest BCUT2D eigenvalue weighted by Crippen LogP contribution is 2.39. The first-order chi connectivity index (χ1) is 16.1. The minimum atomic E-state index is -0.390. The molecular weight excluding hydrogens is 463 g/mol. The largest absolute Gasteiger partial charge is 0.389 e. The van der Waals surface area contributed by atoms with Crippen LogP contribution in [0.5, 0.6) is 0 Å². The van der Waals surface area contributed by atoms with E-state index in [-0.39, 0.29) is 6.04 Å². The van der Waals surface area contributed by atoms with E-state index in [1.54, 1.807) is 12.4 Å². The summed E-state index contributed by atoms with van der Waals surface area (Å²) in [5, 5.41) is 20.0. The van der Waals surface area contributed by atoms with Gasteiger partial charge in [-0.15, -0.1) is 0 Å². The van der Waals surface area contributed by atoms with E-state index in [9.17, 15) is 5.11 Å². The molecule has 1 aliphatic carbocycles. The molecule has 1 aromatic carbocycles. The van der Waals surface area contributed by atoms with Crippen LogP contribution < -0.4 is 5.32 Å². The number of anilines is 2. The highest BCUT2D eigenvalue weighted by molar-refractivity contribution is 6.32. The summed E-state index contributed by atoms with van der Waals surface area (Å²) in [4.78, 5) is 11.5. The van der Waals surface area contributed by atoms with Crippen molar-refractivity contribution in [2.24, 2.45) is 0 Å². The van der Waals surface area contributed by atoms with Gasteiger partial charge in [0.15, 0.2) is 5.15 Å². The molecule has 0 amide bonds. The molecule has 2 aromatic heterocycles. The number of nitrogens with zero attached hydrogens (tertiary/aromatic N) is 5. The predicted octanol–water partition coefficient (Wildman–Crippen LogP) is 4.15. The van der Waals surface area contributed by atoms with Crippen molar-refractivity contribution in [3.05, 3.63) is 40.3 Å². The maximum Gasteiger partial charge on any atom is 0.227 e. The van der Waals surface area contributed by atoms with E-state index in [1.807, 2.05) is 10.7 Å². The Kier molecular flexibility index (Phi) is 5.66. The molecule has 6 rings (SSSR count). The van der Waals surface area contributed by atoms with Gasteiger partial charge in [0.1, 0.15) is 0 Å². The molecule has 0 bridgehead atoms. The van der Waals surface area contributed by atoms with Crippen LogP contribution in [-0.2, 0) is 4.74 Å². The summed E-state index contributed by atoms with van der Waals surface area (Å²) in [5.74, 6) is 0.841. The van der Waals surface area contributed by atoms with Crippen LogP contribution in [0.1, 0.15) is 43.2 Å². The predicted molar refractivity (Wildman–Crippen MR) is 128 cm³/mol. The molecule has 2 N–H and O–H groups in total. The van der Waals surface area contributed by atoms with E-state index >= 15 is 0 Å². The number of likely N-dealkylation sites (tertiary alicyclic amines) is 1.